The topological polar surface area (TPSA) is 68.5 Å². The van der Waals surface area contributed by atoms with Crippen LogP contribution in [0.25, 0.3) is 10.4 Å². The lowest BCUT2D eigenvalue weighted by Crippen LogP contribution is -2.40. The van der Waals surface area contributed by atoms with Crippen LogP contribution in [-0.2, 0) is 11.3 Å². The fourth-order valence-corrected chi connectivity index (χ4v) is 2.73. The van der Waals surface area contributed by atoms with E-state index in [1.54, 1.807) is 11.3 Å². The minimum absolute atomic E-state index is 0.302. The van der Waals surface area contributed by atoms with E-state index in [0.29, 0.717) is 6.54 Å². The Bertz CT molecular complexity index is 644. The molecule has 0 saturated heterocycles. The maximum Gasteiger partial charge on any atom is 0.424 e. The summed E-state index contributed by atoms with van der Waals surface area (Å²) < 4.78 is 5.23. The van der Waals surface area contributed by atoms with Crippen molar-refractivity contribution in [3.63, 3.8) is 0 Å². The van der Waals surface area contributed by atoms with E-state index < -0.39 is 11.7 Å². The van der Waals surface area contributed by atoms with Crippen molar-refractivity contribution in [1.29, 1.82) is 0 Å². The molecule has 0 radical (unpaired) electrons. The SMILES string of the molecule is Cc1ncsc1-c1ccc(CN(N)C(=O)OC(C)(C)C)cc1. The van der Waals surface area contributed by atoms with Gasteiger partial charge in [0.1, 0.15) is 5.60 Å². The summed E-state index contributed by atoms with van der Waals surface area (Å²) in [6.45, 7) is 7.72. The lowest BCUT2D eigenvalue weighted by atomic mass is 10.1. The van der Waals surface area contributed by atoms with Gasteiger partial charge in [-0.05, 0) is 38.8 Å². The fraction of sp³-hybridized carbons (Fsp3) is 0.375. The summed E-state index contributed by atoms with van der Waals surface area (Å²) in [4.78, 5) is 17.2. The quantitative estimate of drug-likeness (QED) is 0.532. The van der Waals surface area contributed by atoms with Crippen LogP contribution in [0, 0.1) is 6.92 Å². The molecule has 0 bridgehead atoms. The number of hydrogen-bond donors (Lipinski definition) is 1. The van der Waals surface area contributed by atoms with Crippen LogP contribution in [0.4, 0.5) is 4.79 Å². The molecular formula is C16H21N3O2S. The Morgan fingerprint density at radius 2 is 1.95 bits per heavy atom. The van der Waals surface area contributed by atoms with Crippen LogP contribution in [0.5, 0.6) is 0 Å². The first-order valence-corrected chi connectivity index (χ1v) is 7.89. The first-order valence-electron chi connectivity index (χ1n) is 7.01. The first-order chi connectivity index (χ1) is 10.3. The van der Waals surface area contributed by atoms with Gasteiger partial charge in [0.05, 0.1) is 22.6 Å². The predicted molar refractivity (Wildman–Crippen MR) is 88.3 cm³/mol. The zero-order valence-electron chi connectivity index (χ0n) is 13.3. The van der Waals surface area contributed by atoms with Crippen LogP contribution >= 0.6 is 11.3 Å². The number of amides is 1. The van der Waals surface area contributed by atoms with Crippen molar-refractivity contribution < 1.29 is 9.53 Å². The molecule has 6 heteroatoms. The van der Waals surface area contributed by atoms with Gasteiger partial charge in [0, 0.05) is 0 Å². The van der Waals surface area contributed by atoms with Gasteiger partial charge >= 0.3 is 6.09 Å². The van der Waals surface area contributed by atoms with Crippen molar-refractivity contribution in [3.05, 3.63) is 41.0 Å². The van der Waals surface area contributed by atoms with Crippen LogP contribution in [-0.4, -0.2) is 21.7 Å². The predicted octanol–water partition coefficient (Wildman–Crippen LogP) is 3.73. The molecule has 0 saturated carbocycles. The zero-order valence-corrected chi connectivity index (χ0v) is 14.1. The number of thiazole rings is 1. The van der Waals surface area contributed by atoms with Gasteiger partial charge in [0.25, 0.3) is 0 Å². The molecule has 1 heterocycles. The highest BCUT2D eigenvalue weighted by Crippen LogP contribution is 2.27. The van der Waals surface area contributed by atoms with Crippen LogP contribution in [0.1, 0.15) is 32.0 Å². The molecule has 0 aliphatic rings. The van der Waals surface area contributed by atoms with Crippen molar-refractivity contribution in [2.24, 2.45) is 5.84 Å². The van der Waals surface area contributed by atoms with Gasteiger partial charge in [-0.15, -0.1) is 11.3 Å². The van der Waals surface area contributed by atoms with Gasteiger partial charge in [0.2, 0.25) is 0 Å². The summed E-state index contributed by atoms with van der Waals surface area (Å²) >= 11 is 1.61. The molecule has 2 N–H and O–H groups in total. The van der Waals surface area contributed by atoms with Crippen LogP contribution in [0.3, 0.4) is 0 Å². The number of benzene rings is 1. The number of carbonyl (C=O) groups excluding carboxylic acids is 1. The Morgan fingerprint density at radius 3 is 2.45 bits per heavy atom. The number of aromatic nitrogens is 1. The molecule has 22 heavy (non-hydrogen) atoms. The summed E-state index contributed by atoms with van der Waals surface area (Å²) in [5, 5.41) is 1.08. The monoisotopic (exact) mass is 319 g/mol. The molecule has 0 unspecified atom stereocenters. The van der Waals surface area contributed by atoms with Crippen molar-refractivity contribution in [3.8, 4) is 10.4 Å². The summed E-state index contributed by atoms with van der Waals surface area (Å²) in [6, 6.07) is 7.94. The average molecular weight is 319 g/mol. The smallest absolute Gasteiger partial charge is 0.424 e. The minimum Gasteiger partial charge on any atom is -0.443 e. The molecule has 118 valence electrons. The minimum atomic E-state index is -0.553. The summed E-state index contributed by atoms with van der Waals surface area (Å²) in [6.07, 6.45) is -0.533. The van der Waals surface area contributed by atoms with E-state index in [4.69, 9.17) is 10.6 Å². The third kappa shape index (κ3) is 4.29. The summed E-state index contributed by atoms with van der Waals surface area (Å²) in [5.74, 6) is 5.76. The maximum atomic E-state index is 11.8. The van der Waals surface area contributed by atoms with Gasteiger partial charge < -0.3 is 4.74 Å². The highest BCUT2D eigenvalue weighted by Gasteiger charge is 2.20. The van der Waals surface area contributed by atoms with Crippen LogP contribution < -0.4 is 5.84 Å². The second kappa shape index (κ2) is 6.46. The van der Waals surface area contributed by atoms with Gasteiger partial charge in [0.15, 0.2) is 0 Å². The summed E-state index contributed by atoms with van der Waals surface area (Å²) in [5.41, 5.74) is 4.36. The van der Waals surface area contributed by atoms with Crippen molar-refractivity contribution in [2.45, 2.75) is 39.8 Å². The standard InChI is InChI=1S/C16H21N3O2S/c1-11-14(22-10-18-11)13-7-5-12(6-8-13)9-19(17)15(20)21-16(2,3)4/h5-8,10H,9,17H2,1-4H3. The van der Waals surface area contributed by atoms with E-state index in [0.717, 1.165) is 26.7 Å². The third-order valence-electron chi connectivity index (χ3n) is 2.94. The van der Waals surface area contributed by atoms with E-state index in [1.165, 1.54) is 0 Å². The molecule has 2 aromatic rings. The molecule has 1 amide bonds. The zero-order chi connectivity index (χ0) is 16.3. The summed E-state index contributed by atoms with van der Waals surface area (Å²) in [7, 11) is 0. The van der Waals surface area contributed by atoms with E-state index in [9.17, 15) is 4.79 Å². The number of hydrogen-bond acceptors (Lipinski definition) is 5. The molecule has 1 aromatic carbocycles. The molecule has 1 aromatic heterocycles. The molecule has 0 aliphatic heterocycles. The van der Waals surface area contributed by atoms with Crippen molar-refractivity contribution in [2.75, 3.05) is 0 Å². The van der Waals surface area contributed by atoms with E-state index in [2.05, 4.69) is 4.98 Å². The Labute approximate surface area is 134 Å². The van der Waals surface area contributed by atoms with Gasteiger partial charge in [-0.25, -0.2) is 20.6 Å². The lowest BCUT2D eigenvalue weighted by molar-refractivity contribution is 0.0231. The Hall–Kier alpha value is -1.92. The normalized spacial score (nSPS) is 11.3. The third-order valence-corrected chi connectivity index (χ3v) is 3.92. The number of rotatable bonds is 3. The number of aryl methyl sites for hydroxylation is 1. The number of nitrogens with two attached hydrogens (primary N) is 1. The molecule has 0 aliphatic carbocycles. The Balaban J connectivity index is 2.02. The van der Waals surface area contributed by atoms with Gasteiger partial charge in [-0.1, -0.05) is 24.3 Å². The molecular weight excluding hydrogens is 298 g/mol. The Morgan fingerprint density at radius 1 is 1.32 bits per heavy atom. The lowest BCUT2D eigenvalue weighted by Gasteiger charge is -2.24. The van der Waals surface area contributed by atoms with Crippen molar-refractivity contribution in [1.82, 2.24) is 9.99 Å². The fourth-order valence-electron chi connectivity index (χ4n) is 1.92. The number of hydrazine groups is 1. The van der Waals surface area contributed by atoms with Crippen LogP contribution in [0.15, 0.2) is 29.8 Å². The average Bonchev–Trinajstić information content (AvgIpc) is 2.84. The Kier molecular flexibility index (Phi) is 4.83. The van der Waals surface area contributed by atoms with E-state index in [1.807, 2.05) is 57.5 Å². The second-order valence-corrected chi connectivity index (χ2v) is 6.93. The van der Waals surface area contributed by atoms with E-state index >= 15 is 0 Å². The number of nitrogens with zero attached hydrogens (tertiary/aromatic N) is 2. The molecule has 0 fully saturated rings. The second-order valence-electron chi connectivity index (χ2n) is 6.07. The van der Waals surface area contributed by atoms with Gasteiger partial charge in [-0.2, -0.15) is 0 Å². The molecule has 0 atom stereocenters. The first kappa shape index (κ1) is 16.5. The number of carbonyl (C=O) groups is 1. The highest BCUT2D eigenvalue weighted by molar-refractivity contribution is 7.13. The van der Waals surface area contributed by atoms with Crippen molar-refractivity contribution >= 4 is 17.4 Å². The molecule has 0 spiro atoms. The van der Waals surface area contributed by atoms with Gasteiger partial charge in [-0.3, -0.25) is 0 Å². The largest absolute Gasteiger partial charge is 0.443 e. The highest BCUT2D eigenvalue weighted by atomic mass is 32.1. The van der Waals surface area contributed by atoms with Crippen LogP contribution in [0.2, 0.25) is 0 Å². The number of ether oxygens (including phenoxy) is 1. The maximum absolute atomic E-state index is 11.8. The molecule has 2 rings (SSSR count). The van der Waals surface area contributed by atoms with E-state index in [-0.39, 0.29) is 0 Å². The molecule has 5 nitrogen and oxygen atoms in total.